The predicted molar refractivity (Wildman–Crippen MR) is 44.4 cm³/mol. The van der Waals surface area contributed by atoms with Crippen molar-refractivity contribution < 1.29 is 0 Å². The molecule has 0 aromatic carbocycles. The van der Waals surface area contributed by atoms with E-state index < -0.39 is 0 Å². The van der Waals surface area contributed by atoms with Crippen molar-refractivity contribution in [2.45, 2.75) is 13.8 Å². The van der Waals surface area contributed by atoms with Gasteiger partial charge in [0, 0.05) is 11.6 Å². The highest BCUT2D eigenvalue weighted by Gasteiger charge is 2.26. The number of hydrogen-bond donors (Lipinski definition) is 0. The van der Waals surface area contributed by atoms with Crippen LogP contribution in [0.15, 0.2) is 14.8 Å². The summed E-state index contributed by atoms with van der Waals surface area (Å²) >= 11 is 2.21. The molecule has 1 nitrogen and oxygen atoms in total. The molecule has 1 aliphatic heterocycles. The zero-order valence-corrected chi connectivity index (χ0v) is 7.14. The lowest BCUT2D eigenvalue weighted by Crippen LogP contribution is -2.23. The van der Waals surface area contributed by atoms with Crippen molar-refractivity contribution >= 4 is 28.8 Å². The molecule has 0 N–H and O–H groups in total. The molecule has 0 saturated carbocycles. The number of nitrogens with zero attached hydrogens (tertiary/aromatic N) is 1. The number of rotatable bonds is 0. The average Bonchev–Trinajstić information content (AvgIpc) is 1.66. The molecule has 0 radical (unpaired) electrons. The van der Waals surface area contributed by atoms with Gasteiger partial charge in [0.05, 0.1) is 5.70 Å². The molecule has 2 heteroatoms. The fourth-order valence-corrected chi connectivity index (χ4v) is 1.53. The molecule has 0 spiro atoms. The Morgan fingerprint density at radius 2 is 2.38 bits per heavy atom. The summed E-state index contributed by atoms with van der Waals surface area (Å²) in [6.45, 7) is 4.31. The van der Waals surface area contributed by atoms with Crippen LogP contribution in [-0.4, -0.2) is 6.21 Å². The monoisotopic (exact) mass is 221 g/mol. The minimum atomic E-state index is 0.251. The highest BCUT2D eigenvalue weighted by atomic mass is 127. The van der Waals surface area contributed by atoms with Gasteiger partial charge in [-0.05, 0) is 17.9 Å². The molecule has 1 rings (SSSR count). The molecule has 0 bridgehead atoms. The number of allylic oxidation sites excluding steroid dienone is 1. The van der Waals surface area contributed by atoms with Gasteiger partial charge in [-0.15, -0.1) is 0 Å². The molecule has 0 unspecified atom stereocenters. The number of hydrogen-bond acceptors (Lipinski definition) is 1. The first kappa shape index (κ1) is 6.26. The van der Waals surface area contributed by atoms with Gasteiger partial charge in [0.25, 0.3) is 0 Å². The SMILES string of the molecule is CC1(C)C=N/C1=C/I. The highest BCUT2D eigenvalue weighted by molar-refractivity contribution is 14.1. The first-order valence-electron chi connectivity index (χ1n) is 2.53. The zero-order chi connectivity index (χ0) is 6.20. The molecule has 44 valence electrons. The Kier molecular flexibility index (Phi) is 1.43. The Labute approximate surface area is 63.0 Å². The van der Waals surface area contributed by atoms with E-state index in [-0.39, 0.29) is 5.41 Å². The van der Waals surface area contributed by atoms with Gasteiger partial charge in [0.1, 0.15) is 0 Å². The van der Waals surface area contributed by atoms with E-state index in [9.17, 15) is 0 Å². The Morgan fingerprint density at radius 3 is 2.38 bits per heavy atom. The van der Waals surface area contributed by atoms with Crippen molar-refractivity contribution in [3.8, 4) is 0 Å². The van der Waals surface area contributed by atoms with Gasteiger partial charge in [-0.1, -0.05) is 22.6 Å². The molecule has 1 heterocycles. The lowest BCUT2D eigenvalue weighted by atomic mass is 9.87. The lowest BCUT2D eigenvalue weighted by molar-refractivity contribution is 0.594. The molecular weight excluding hydrogens is 213 g/mol. The number of aliphatic imine (C=N–C) groups is 1. The van der Waals surface area contributed by atoms with E-state index in [1.54, 1.807) is 0 Å². The van der Waals surface area contributed by atoms with Crippen molar-refractivity contribution in [2.24, 2.45) is 10.4 Å². The maximum absolute atomic E-state index is 4.07. The zero-order valence-electron chi connectivity index (χ0n) is 4.98. The van der Waals surface area contributed by atoms with Crippen LogP contribution in [-0.2, 0) is 0 Å². The molecule has 0 fully saturated rings. The maximum Gasteiger partial charge on any atom is 0.0570 e. The van der Waals surface area contributed by atoms with Crippen molar-refractivity contribution in [3.63, 3.8) is 0 Å². The second-order valence-corrected chi connectivity index (χ2v) is 3.10. The van der Waals surface area contributed by atoms with Gasteiger partial charge in [-0.3, -0.25) is 4.99 Å². The number of halogens is 1. The summed E-state index contributed by atoms with van der Waals surface area (Å²) in [6, 6.07) is 0. The quantitative estimate of drug-likeness (QED) is 0.557. The molecule has 0 aromatic heterocycles. The summed E-state index contributed by atoms with van der Waals surface area (Å²) < 4.78 is 2.03. The van der Waals surface area contributed by atoms with E-state index in [2.05, 4.69) is 41.4 Å². The Hall–Kier alpha value is 0.140. The Bertz CT molecular complexity index is 156. The van der Waals surface area contributed by atoms with Crippen LogP contribution in [0.1, 0.15) is 13.8 Å². The summed E-state index contributed by atoms with van der Waals surface area (Å²) in [5.74, 6) is 0. The predicted octanol–water partition coefficient (Wildman–Crippen LogP) is 2.37. The molecule has 0 aliphatic carbocycles. The summed E-state index contributed by atoms with van der Waals surface area (Å²) in [6.07, 6.45) is 1.97. The van der Waals surface area contributed by atoms with Crippen molar-refractivity contribution in [1.82, 2.24) is 0 Å². The van der Waals surface area contributed by atoms with Gasteiger partial charge in [-0.2, -0.15) is 0 Å². The molecule has 0 saturated heterocycles. The van der Waals surface area contributed by atoms with Gasteiger partial charge < -0.3 is 0 Å². The third kappa shape index (κ3) is 0.811. The van der Waals surface area contributed by atoms with E-state index in [4.69, 9.17) is 0 Å². The molecule has 1 aliphatic rings. The summed E-state index contributed by atoms with van der Waals surface area (Å²) in [4.78, 5) is 4.07. The van der Waals surface area contributed by atoms with Crippen LogP contribution < -0.4 is 0 Å². The summed E-state index contributed by atoms with van der Waals surface area (Å²) in [5, 5.41) is 0. The van der Waals surface area contributed by atoms with Gasteiger partial charge in [0.15, 0.2) is 0 Å². The fourth-order valence-electron chi connectivity index (χ4n) is 0.566. The summed E-state index contributed by atoms with van der Waals surface area (Å²) in [7, 11) is 0. The Morgan fingerprint density at radius 1 is 1.75 bits per heavy atom. The van der Waals surface area contributed by atoms with Crippen LogP contribution in [0.3, 0.4) is 0 Å². The van der Waals surface area contributed by atoms with Crippen LogP contribution >= 0.6 is 22.6 Å². The normalized spacial score (nSPS) is 28.1. The molecule has 0 amide bonds. The van der Waals surface area contributed by atoms with Crippen LogP contribution in [0, 0.1) is 5.41 Å². The lowest BCUT2D eigenvalue weighted by Gasteiger charge is -2.27. The molecule has 8 heavy (non-hydrogen) atoms. The van der Waals surface area contributed by atoms with E-state index in [0.717, 1.165) is 0 Å². The topological polar surface area (TPSA) is 12.4 Å². The second kappa shape index (κ2) is 1.83. The van der Waals surface area contributed by atoms with E-state index in [1.807, 2.05) is 10.3 Å². The first-order valence-corrected chi connectivity index (χ1v) is 3.77. The van der Waals surface area contributed by atoms with E-state index in [1.165, 1.54) is 5.70 Å². The van der Waals surface area contributed by atoms with Gasteiger partial charge >= 0.3 is 0 Å². The smallest absolute Gasteiger partial charge is 0.0570 e. The third-order valence-electron chi connectivity index (χ3n) is 1.29. The maximum atomic E-state index is 4.07. The van der Waals surface area contributed by atoms with Crippen LogP contribution in [0.5, 0.6) is 0 Å². The average molecular weight is 221 g/mol. The minimum absolute atomic E-state index is 0.251. The van der Waals surface area contributed by atoms with Gasteiger partial charge in [0.2, 0.25) is 0 Å². The second-order valence-electron chi connectivity index (χ2n) is 2.47. The van der Waals surface area contributed by atoms with E-state index in [0.29, 0.717) is 0 Å². The molecular formula is C6H8IN. The third-order valence-corrected chi connectivity index (χ3v) is 1.88. The van der Waals surface area contributed by atoms with Crippen molar-refractivity contribution in [1.29, 1.82) is 0 Å². The molecule has 0 aromatic rings. The van der Waals surface area contributed by atoms with Crippen molar-refractivity contribution in [2.75, 3.05) is 0 Å². The van der Waals surface area contributed by atoms with Crippen LogP contribution in [0.2, 0.25) is 0 Å². The van der Waals surface area contributed by atoms with E-state index >= 15 is 0 Å². The Balaban J connectivity index is 2.83. The largest absolute Gasteiger partial charge is 0.263 e. The first-order chi connectivity index (χ1) is 3.67. The minimum Gasteiger partial charge on any atom is -0.263 e. The van der Waals surface area contributed by atoms with Crippen molar-refractivity contribution in [3.05, 3.63) is 9.78 Å². The molecule has 0 atom stereocenters. The highest BCUT2D eigenvalue weighted by Crippen LogP contribution is 2.33. The van der Waals surface area contributed by atoms with Gasteiger partial charge in [-0.25, -0.2) is 0 Å². The standard InChI is InChI=1S/C6H8IN/c1-6(2)4-8-5(6)3-7/h3-4H,1-2H3/b5-3+. The van der Waals surface area contributed by atoms with Crippen LogP contribution in [0.4, 0.5) is 0 Å². The van der Waals surface area contributed by atoms with Crippen LogP contribution in [0.25, 0.3) is 0 Å². The summed E-state index contributed by atoms with van der Waals surface area (Å²) in [5.41, 5.74) is 1.44. The fraction of sp³-hybridized carbons (Fsp3) is 0.500.